The lowest BCUT2D eigenvalue weighted by molar-refractivity contribution is 0.522. The van der Waals surface area contributed by atoms with Crippen LogP contribution in [0.3, 0.4) is 0 Å². The summed E-state index contributed by atoms with van der Waals surface area (Å²) in [6, 6.07) is 9.30. The zero-order valence-corrected chi connectivity index (χ0v) is 9.51. The van der Waals surface area contributed by atoms with Crippen LogP contribution in [0.25, 0.3) is 0 Å². The fraction of sp³-hybridized carbons (Fsp3) is 0.538. The van der Waals surface area contributed by atoms with Gasteiger partial charge in [-0.3, -0.25) is 0 Å². The lowest BCUT2D eigenvalue weighted by Crippen LogP contribution is -2.16. The van der Waals surface area contributed by atoms with Gasteiger partial charge in [-0.05, 0) is 26.0 Å². The molecule has 1 rings (SSSR count). The smallest absolute Gasteiger partial charge is 0.0317 e. The molecule has 0 heterocycles. The minimum atomic E-state index is 0.523. The van der Waals surface area contributed by atoms with Crippen LogP contribution < -0.4 is 5.32 Å². The molecule has 14 heavy (non-hydrogen) atoms. The van der Waals surface area contributed by atoms with Crippen LogP contribution >= 0.6 is 0 Å². The second-order valence-corrected chi connectivity index (χ2v) is 3.90. The van der Waals surface area contributed by atoms with Crippen molar-refractivity contribution in [2.24, 2.45) is 0 Å². The van der Waals surface area contributed by atoms with Crippen molar-refractivity contribution >= 4 is 0 Å². The third-order valence-corrected chi connectivity index (χ3v) is 2.64. The maximum absolute atomic E-state index is 3.38. The van der Waals surface area contributed by atoms with Gasteiger partial charge in [-0.1, -0.05) is 49.6 Å². The molecule has 0 radical (unpaired) electrons. The van der Waals surface area contributed by atoms with Crippen LogP contribution in [-0.4, -0.2) is 7.05 Å². The molecular weight excluding hydrogens is 170 g/mol. The highest BCUT2D eigenvalue weighted by atomic mass is 14.9. The average Bonchev–Trinajstić information content (AvgIpc) is 2.19. The number of hydrogen-bond donors (Lipinski definition) is 1. The molecular formula is C13H21N. The minimum Gasteiger partial charge on any atom is -0.313 e. The van der Waals surface area contributed by atoms with Crippen LogP contribution in [0, 0.1) is 6.92 Å². The Bertz CT molecular complexity index is 268. The fourth-order valence-corrected chi connectivity index (χ4v) is 1.77. The first-order valence-electron chi connectivity index (χ1n) is 5.51. The van der Waals surface area contributed by atoms with E-state index >= 15 is 0 Å². The van der Waals surface area contributed by atoms with E-state index < -0.39 is 0 Å². The van der Waals surface area contributed by atoms with Gasteiger partial charge in [0.15, 0.2) is 0 Å². The van der Waals surface area contributed by atoms with Gasteiger partial charge >= 0.3 is 0 Å². The van der Waals surface area contributed by atoms with Crippen molar-refractivity contribution in [2.45, 2.75) is 39.2 Å². The van der Waals surface area contributed by atoms with Crippen LogP contribution in [0.4, 0.5) is 0 Å². The van der Waals surface area contributed by atoms with Gasteiger partial charge < -0.3 is 5.32 Å². The maximum atomic E-state index is 3.38. The molecule has 1 aromatic carbocycles. The zero-order valence-electron chi connectivity index (χ0n) is 9.51. The van der Waals surface area contributed by atoms with Gasteiger partial charge in [0.2, 0.25) is 0 Å². The Hall–Kier alpha value is -0.820. The molecule has 1 aromatic rings. The number of rotatable bonds is 5. The van der Waals surface area contributed by atoms with Gasteiger partial charge in [-0.2, -0.15) is 0 Å². The van der Waals surface area contributed by atoms with Gasteiger partial charge in [0.1, 0.15) is 0 Å². The molecule has 1 atom stereocenters. The summed E-state index contributed by atoms with van der Waals surface area (Å²) in [5.74, 6) is 0. The first-order valence-corrected chi connectivity index (χ1v) is 5.51. The molecule has 78 valence electrons. The molecule has 1 N–H and O–H groups in total. The van der Waals surface area contributed by atoms with E-state index in [1.54, 1.807) is 0 Å². The minimum absolute atomic E-state index is 0.523. The summed E-state index contributed by atoms with van der Waals surface area (Å²) in [4.78, 5) is 0. The van der Waals surface area contributed by atoms with Crippen molar-refractivity contribution in [3.63, 3.8) is 0 Å². The third-order valence-electron chi connectivity index (χ3n) is 2.64. The van der Waals surface area contributed by atoms with E-state index in [2.05, 4.69) is 43.4 Å². The summed E-state index contributed by atoms with van der Waals surface area (Å²) < 4.78 is 0. The molecule has 1 nitrogen and oxygen atoms in total. The predicted octanol–water partition coefficient (Wildman–Crippen LogP) is 3.45. The van der Waals surface area contributed by atoms with Gasteiger partial charge in [0.05, 0.1) is 0 Å². The van der Waals surface area contributed by atoms with Crippen LogP contribution in [0.5, 0.6) is 0 Å². The lowest BCUT2D eigenvalue weighted by Gasteiger charge is -2.16. The summed E-state index contributed by atoms with van der Waals surface area (Å²) in [6.45, 7) is 4.39. The molecule has 0 bridgehead atoms. The quantitative estimate of drug-likeness (QED) is 0.751. The van der Waals surface area contributed by atoms with Crippen LogP contribution in [0.1, 0.15) is 43.4 Å². The van der Waals surface area contributed by atoms with Crippen molar-refractivity contribution < 1.29 is 0 Å². The first kappa shape index (κ1) is 11.3. The Labute approximate surface area is 87.5 Å². The van der Waals surface area contributed by atoms with E-state index in [1.165, 1.54) is 30.4 Å². The Morgan fingerprint density at radius 1 is 1.36 bits per heavy atom. The summed E-state index contributed by atoms with van der Waals surface area (Å²) in [5.41, 5.74) is 2.76. The second kappa shape index (κ2) is 5.82. The zero-order chi connectivity index (χ0) is 10.4. The van der Waals surface area contributed by atoms with Gasteiger partial charge in [-0.15, -0.1) is 0 Å². The Kier molecular flexibility index (Phi) is 4.68. The number of hydrogen-bond acceptors (Lipinski definition) is 1. The number of aryl methyl sites for hydroxylation is 1. The Balaban J connectivity index is 2.68. The van der Waals surface area contributed by atoms with Crippen LogP contribution in [0.15, 0.2) is 24.3 Å². The summed E-state index contributed by atoms with van der Waals surface area (Å²) in [7, 11) is 2.04. The van der Waals surface area contributed by atoms with E-state index in [-0.39, 0.29) is 0 Å². The first-order chi connectivity index (χ1) is 6.77. The summed E-state index contributed by atoms with van der Waals surface area (Å²) in [5, 5.41) is 3.38. The normalized spacial score (nSPS) is 12.8. The highest BCUT2D eigenvalue weighted by Gasteiger charge is 2.07. The summed E-state index contributed by atoms with van der Waals surface area (Å²) >= 11 is 0. The van der Waals surface area contributed by atoms with Crippen molar-refractivity contribution in [1.29, 1.82) is 0 Å². The second-order valence-electron chi connectivity index (χ2n) is 3.90. The van der Waals surface area contributed by atoms with Crippen molar-refractivity contribution in [1.82, 2.24) is 5.32 Å². The molecule has 0 aromatic heterocycles. The molecule has 0 fully saturated rings. The van der Waals surface area contributed by atoms with Crippen molar-refractivity contribution in [3.8, 4) is 0 Å². The Morgan fingerprint density at radius 3 is 2.71 bits per heavy atom. The maximum Gasteiger partial charge on any atom is 0.0317 e. The van der Waals surface area contributed by atoms with E-state index in [0.29, 0.717) is 6.04 Å². The SMILES string of the molecule is CCCCC(NC)c1cccc(C)c1. The van der Waals surface area contributed by atoms with E-state index in [4.69, 9.17) is 0 Å². The van der Waals surface area contributed by atoms with Gasteiger partial charge in [-0.25, -0.2) is 0 Å². The topological polar surface area (TPSA) is 12.0 Å². The monoisotopic (exact) mass is 191 g/mol. The van der Waals surface area contributed by atoms with Crippen LogP contribution in [-0.2, 0) is 0 Å². The molecule has 1 unspecified atom stereocenters. The highest BCUT2D eigenvalue weighted by Crippen LogP contribution is 2.19. The number of nitrogens with one attached hydrogen (secondary N) is 1. The molecule has 0 saturated carbocycles. The number of benzene rings is 1. The van der Waals surface area contributed by atoms with E-state index in [9.17, 15) is 0 Å². The van der Waals surface area contributed by atoms with Gasteiger partial charge in [0.25, 0.3) is 0 Å². The largest absolute Gasteiger partial charge is 0.313 e. The van der Waals surface area contributed by atoms with Crippen LogP contribution in [0.2, 0.25) is 0 Å². The fourth-order valence-electron chi connectivity index (χ4n) is 1.77. The summed E-state index contributed by atoms with van der Waals surface area (Å²) in [6.07, 6.45) is 3.79. The van der Waals surface area contributed by atoms with E-state index in [1.807, 2.05) is 7.05 Å². The molecule has 0 amide bonds. The molecule has 1 heteroatoms. The van der Waals surface area contributed by atoms with Gasteiger partial charge in [0, 0.05) is 6.04 Å². The third kappa shape index (κ3) is 3.15. The average molecular weight is 191 g/mol. The molecule has 0 spiro atoms. The van der Waals surface area contributed by atoms with Crippen molar-refractivity contribution in [2.75, 3.05) is 7.05 Å². The standard InChI is InChI=1S/C13H21N/c1-4-5-9-13(14-3)12-8-6-7-11(2)10-12/h6-8,10,13-14H,4-5,9H2,1-3H3. The van der Waals surface area contributed by atoms with Crippen molar-refractivity contribution in [3.05, 3.63) is 35.4 Å². The molecule has 0 saturated heterocycles. The molecule has 0 aliphatic heterocycles. The Morgan fingerprint density at radius 2 is 2.14 bits per heavy atom. The molecule has 0 aliphatic rings. The lowest BCUT2D eigenvalue weighted by atomic mass is 10.00. The highest BCUT2D eigenvalue weighted by molar-refractivity contribution is 5.24. The number of unbranched alkanes of at least 4 members (excludes halogenated alkanes) is 1. The predicted molar refractivity (Wildman–Crippen MR) is 62.5 cm³/mol. The molecule has 0 aliphatic carbocycles. The van der Waals surface area contributed by atoms with E-state index in [0.717, 1.165) is 0 Å².